The second kappa shape index (κ2) is 9.09. The number of nitrogens with one attached hydrogen (secondary N) is 2. The Morgan fingerprint density at radius 3 is 2.31 bits per heavy atom. The Morgan fingerprint density at radius 2 is 1.71 bits per heavy atom. The highest BCUT2D eigenvalue weighted by molar-refractivity contribution is 5.94. The first-order valence-electron chi connectivity index (χ1n) is 12.2. The van der Waals surface area contributed by atoms with Crippen molar-refractivity contribution in [3.8, 4) is 5.75 Å². The van der Waals surface area contributed by atoms with Crippen LogP contribution in [0.1, 0.15) is 62.7 Å². The molecule has 186 valence electrons. The van der Waals surface area contributed by atoms with E-state index in [9.17, 15) is 18.4 Å². The highest BCUT2D eigenvalue weighted by atomic mass is 19.1. The fourth-order valence-corrected chi connectivity index (χ4v) is 5.08. The van der Waals surface area contributed by atoms with Gasteiger partial charge in [-0.05, 0) is 76.6 Å². The number of amides is 2. The first kappa shape index (κ1) is 23.5. The Hall–Kier alpha value is -3.23. The molecule has 3 heterocycles. The summed E-state index contributed by atoms with van der Waals surface area (Å²) in [7, 11) is 0. The van der Waals surface area contributed by atoms with Gasteiger partial charge in [0.25, 0.3) is 11.8 Å². The van der Waals surface area contributed by atoms with Gasteiger partial charge in [-0.15, -0.1) is 0 Å². The zero-order valence-corrected chi connectivity index (χ0v) is 19.9. The Kier molecular flexibility index (Phi) is 6.11. The second-order valence-corrected chi connectivity index (χ2v) is 10.3. The Balaban J connectivity index is 1.20. The van der Waals surface area contributed by atoms with Gasteiger partial charge in [0.2, 0.25) is 0 Å². The number of hydrogen-bond acceptors (Lipinski definition) is 5. The summed E-state index contributed by atoms with van der Waals surface area (Å²) in [5.41, 5.74) is -0.761. The maximum atomic E-state index is 14.0. The number of fused-ring (bicyclic) bond motifs is 2. The zero-order chi connectivity index (χ0) is 24.7. The molecule has 1 aliphatic carbocycles. The molecule has 7 nitrogen and oxygen atoms in total. The van der Waals surface area contributed by atoms with Gasteiger partial charge in [-0.1, -0.05) is 0 Å². The lowest BCUT2D eigenvalue weighted by Gasteiger charge is -2.40. The first-order chi connectivity index (χ1) is 16.7. The molecule has 35 heavy (non-hydrogen) atoms. The van der Waals surface area contributed by atoms with Crippen LogP contribution in [0.25, 0.3) is 0 Å². The van der Waals surface area contributed by atoms with Crippen molar-refractivity contribution >= 4 is 17.6 Å². The highest BCUT2D eigenvalue weighted by Gasteiger charge is 2.43. The lowest BCUT2D eigenvalue weighted by molar-refractivity contribution is -0.135. The molecule has 1 aromatic carbocycles. The summed E-state index contributed by atoms with van der Waals surface area (Å²) in [6, 6.07) is 7.47. The van der Waals surface area contributed by atoms with Gasteiger partial charge in [0.1, 0.15) is 11.6 Å². The predicted octanol–water partition coefficient (Wildman–Crippen LogP) is 3.73. The fraction of sp³-hybridized carbons (Fsp3) is 0.500. The zero-order valence-electron chi connectivity index (χ0n) is 19.9. The summed E-state index contributed by atoms with van der Waals surface area (Å²) in [6.45, 7) is 3.14. The maximum absolute atomic E-state index is 14.0. The minimum absolute atomic E-state index is 0.0409. The number of hydrogen-bond donors (Lipinski definition) is 2. The monoisotopic (exact) mass is 484 g/mol. The van der Waals surface area contributed by atoms with E-state index in [0.717, 1.165) is 56.5 Å². The van der Waals surface area contributed by atoms with Gasteiger partial charge >= 0.3 is 0 Å². The molecule has 3 fully saturated rings. The summed E-state index contributed by atoms with van der Waals surface area (Å²) >= 11 is 0. The number of carbonyl (C=O) groups excluding carboxylic acids is 2. The minimum atomic E-state index is -1.33. The molecule has 3 atom stereocenters. The van der Waals surface area contributed by atoms with E-state index in [1.54, 1.807) is 20.0 Å². The van der Waals surface area contributed by atoms with E-state index < -0.39 is 17.2 Å². The van der Waals surface area contributed by atoms with Crippen molar-refractivity contribution in [3.05, 3.63) is 53.7 Å². The summed E-state index contributed by atoms with van der Waals surface area (Å²) in [5.74, 6) is -1.29. The number of nitrogens with zero attached hydrogens (tertiary/aromatic N) is 2. The molecule has 0 radical (unpaired) electrons. The summed E-state index contributed by atoms with van der Waals surface area (Å²) < 4.78 is 32.8. The van der Waals surface area contributed by atoms with Gasteiger partial charge in [-0.3, -0.25) is 9.59 Å². The molecule has 2 bridgehead atoms. The second-order valence-electron chi connectivity index (χ2n) is 10.3. The Labute approximate surface area is 203 Å². The molecule has 1 aromatic heterocycles. The number of benzene rings is 1. The molecule has 0 unspecified atom stereocenters. The van der Waals surface area contributed by atoms with Crippen molar-refractivity contribution in [2.24, 2.45) is 0 Å². The van der Waals surface area contributed by atoms with Crippen LogP contribution in [0, 0.1) is 11.6 Å². The number of rotatable bonds is 7. The van der Waals surface area contributed by atoms with Gasteiger partial charge in [-0.2, -0.15) is 0 Å². The predicted molar refractivity (Wildman–Crippen MR) is 126 cm³/mol. The SMILES string of the molecule is CC(C)(Oc1ccc(F)cc1F)C(=O)N[C@H]1C[C@H]2CC[C@@H](C1)N2c1ccc(C(=O)NC2CC2)cn1. The Bertz CT molecular complexity index is 1110. The molecule has 2 N–H and O–H groups in total. The van der Waals surface area contributed by atoms with E-state index in [2.05, 4.69) is 20.5 Å². The number of ether oxygens (including phenoxy) is 1. The average Bonchev–Trinajstić information content (AvgIpc) is 3.58. The molecule has 5 rings (SSSR count). The van der Waals surface area contributed by atoms with E-state index in [0.29, 0.717) is 11.6 Å². The van der Waals surface area contributed by atoms with Gasteiger partial charge in [-0.25, -0.2) is 13.8 Å². The van der Waals surface area contributed by atoms with E-state index in [1.807, 2.05) is 12.1 Å². The average molecular weight is 485 g/mol. The molecule has 9 heteroatoms. The number of pyridine rings is 1. The molecule has 2 aromatic rings. The van der Waals surface area contributed by atoms with E-state index in [-0.39, 0.29) is 35.7 Å². The van der Waals surface area contributed by atoms with E-state index in [4.69, 9.17) is 4.74 Å². The van der Waals surface area contributed by atoms with Gasteiger partial charge in [0.05, 0.1) is 5.56 Å². The quantitative estimate of drug-likeness (QED) is 0.626. The molecule has 2 aliphatic heterocycles. The lowest BCUT2D eigenvalue weighted by Crippen LogP contribution is -2.55. The van der Waals surface area contributed by atoms with Crippen LogP contribution in [-0.4, -0.2) is 46.6 Å². The van der Waals surface area contributed by atoms with E-state index >= 15 is 0 Å². The van der Waals surface area contributed by atoms with Crippen molar-refractivity contribution in [2.75, 3.05) is 4.90 Å². The molecule has 2 saturated heterocycles. The van der Waals surface area contributed by atoms with Crippen molar-refractivity contribution < 1.29 is 23.1 Å². The van der Waals surface area contributed by atoms with Gasteiger partial charge < -0.3 is 20.3 Å². The lowest BCUT2D eigenvalue weighted by atomic mass is 9.96. The Morgan fingerprint density at radius 1 is 1.00 bits per heavy atom. The standard InChI is InChI=1S/C26H30F2N4O3/c1-26(2,35-22-9-4-16(27)11-21(22)28)25(34)31-18-12-19-7-8-20(13-18)32(19)23-10-3-15(14-29-23)24(33)30-17-5-6-17/h3-4,9-11,14,17-20H,5-8,12-13H2,1-2H3,(H,30,33)(H,31,34)/t18-,19+,20-. The first-order valence-corrected chi connectivity index (χ1v) is 12.2. The van der Waals surface area contributed by atoms with Crippen LogP contribution in [0.3, 0.4) is 0 Å². The third kappa shape index (κ3) is 5.09. The molecule has 0 spiro atoms. The van der Waals surface area contributed by atoms with Gasteiger partial charge in [0.15, 0.2) is 17.2 Å². The third-order valence-electron chi connectivity index (χ3n) is 7.06. The number of anilines is 1. The third-order valence-corrected chi connectivity index (χ3v) is 7.06. The van der Waals surface area contributed by atoms with E-state index in [1.165, 1.54) is 6.07 Å². The molecule has 1 saturated carbocycles. The summed E-state index contributed by atoms with van der Waals surface area (Å²) in [5, 5.41) is 6.05. The maximum Gasteiger partial charge on any atom is 0.263 e. The normalized spacial score (nSPS) is 23.7. The molecule has 2 amide bonds. The molecular formula is C26H30F2N4O3. The van der Waals surface area contributed by atoms with Crippen LogP contribution in [0.15, 0.2) is 36.5 Å². The van der Waals surface area contributed by atoms with Crippen LogP contribution in [-0.2, 0) is 4.79 Å². The van der Waals surface area contributed by atoms with Crippen LogP contribution in [0.4, 0.5) is 14.6 Å². The topological polar surface area (TPSA) is 83.6 Å². The van der Waals surface area contributed by atoms with Crippen LogP contribution < -0.4 is 20.3 Å². The van der Waals surface area contributed by atoms with Gasteiger partial charge in [0, 0.05) is 36.4 Å². The largest absolute Gasteiger partial charge is 0.475 e. The van der Waals surface area contributed by atoms with Crippen LogP contribution in [0.5, 0.6) is 5.75 Å². The number of aromatic nitrogens is 1. The number of piperidine rings is 1. The smallest absolute Gasteiger partial charge is 0.263 e. The van der Waals surface area contributed by atoms with Crippen molar-refractivity contribution in [1.29, 1.82) is 0 Å². The minimum Gasteiger partial charge on any atom is -0.475 e. The molecular weight excluding hydrogens is 454 g/mol. The number of carbonyl (C=O) groups is 2. The highest BCUT2D eigenvalue weighted by Crippen LogP contribution is 2.39. The van der Waals surface area contributed by atoms with Crippen molar-refractivity contribution in [2.45, 2.75) is 82.1 Å². The van der Waals surface area contributed by atoms with Crippen LogP contribution in [0.2, 0.25) is 0 Å². The number of halogens is 2. The van der Waals surface area contributed by atoms with Crippen LogP contribution >= 0.6 is 0 Å². The van der Waals surface area contributed by atoms with Crippen molar-refractivity contribution in [3.63, 3.8) is 0 Å². The molecule has 3 aliphatic rings. The summed E-state index contributed by atoms with van der Waals surface area (Å²) in [4.78, 5) is 32.1. The van der Waals surface area contributed by atoms with Crippen molar-refractivity contribution in [1.82, 2.24) is 15.6 Å². The fourth-order valence-electron chi connectivity index (χ4n) is 5.08. The summed E-state index contributed by atoms with van der Waals surface area (Å²) in [6.07, 6.45) is 7.24.